The number of hydrogen-bond donors (Lipinski definition) is 1. The normalized spacial score (nSPS) is 22.4. The van der Waals surface area contributed by atoms with Crippen LogP contribution in [0.3, 0.4) is 0 Å². The van der Waals surface area contributed by atoms with Crippen molar-refractivity contribution in [1.29, 1.82) is 0 Å². The molecule has 1 aromatic carbocycles. The van der Waals surface area contributed by atoms with Crippen LogP contribution in [-0.4, -0.2) is 33.5 Å². The molecule has 1 aliphatic carbocycles. The molecule has 7 heteroatoms. The van der Waals surface area contributed by atoms with E-state index in [1.807, 2.05) is 49.1 Å². The summed E-state index contributed by atoms with van der Waals surface area (Å²) in [7, 11) is 1.95. The average molecular weight is 435 g/mol. The standard InChI is InChI=1S/C25H30N4O3/c1-15-10-23(32-28-15)21-14-29(3)27-24(21)18-6-4-17(5-7-18)13-26-25(30)19-8-9-22-20(12-19)11-16(2)31-22/h8-10,12,14,16-18H,4-7,11,13H2,1-3H3,(H,26,30). The van der Waals surface area contributed by atoms with E-state index >= 15 is 0 Å². The number of aromatic nitrogens is 3. The molecule has 1 unspecified atom stereocenters. The number of carbonyl (C=O) groups is 1. The van der Waals surface area contributed by atoms with Crippen LogP contribution in [0.1, 0.15) is 65.8 Å². The number of amides is 1. The predicted molar refractivity (Wildman–Crippen MR) is 121 cm³/mol. The van der Waals surface area contributed by atoms with Crippen molar-refractivity contribution in [3.05, 3.63) is 53.0 Å². The first-order valence-electron chi connectivity index (χ1n) is 11.5. The minimum Gasteiger partial charge on any atom is -0.490 e. The molecule has 0 spiro atoms. The zero-order valence-electron chi connectivity index (χ0n) is 18.9. The van der Waals surface area contributed by atoms with Crippen LogP contribution in [0.15, 0.2) is 35.0 Å². The molecule has 32 heavy (non-hydrogen) atoms. The SMILES string of the molecule is Cc1cc(-c2cn(C)nc2C2CCC(CNC(=O)c3ccc4c(c3)CC(C)O4)CC2)on1. The van der Waals surface area contributed by atoms with E-state index < -0.39 is 0 Å². The summed E-state index contributed by atoms with van der Waals surface area (Å²) in [6, 6.07) is 7.71. The smallest absolute Gasteiger partial charge is 0.251 e. The summed E-state index contributed by atoms with van der Waals surface area (Å²) in [5.41, 5.74) is 4.86. The molecule has 3 aromatic rings. The first-order valence-corrected chi connectivity index (χ1v) is 11.5. The fraction of sp³-hybridized carbons (Fsp3) is 0.480. The van der Waals surface area contributed by atoms with Crippen LogP contribution in [0.2, 0.25) is 0 Å². The molecule has 5 rings (SSSR count). The van der Waals surface area contributed by atoms with Gasteiger partial charge >= 0.3 is 0 Å². The van der Waals surface area contributed by atoms with E-state index in [0.29, 0.717) is 18.4 Å². The zero-order chi connectivity index (χ0) is 22.2. The van der Waals surface area contributed by atoms with Crippen molar-refractivity contribution in [3.63, 3.8) is 0 Å². The maximum absolute atomic E-state index is 12.7. The van der Waals surface area contributed by atoms with Gasteiger partial charge in [-0.15, -0.1) is 0 Å². The van der Waals surface area contributed by atoms with Crippen molar-refractivity contribution in [2.24, 2.45) is 13.0 Å². The van der Waals surface area contributed by atoms with Crippen LogP contribution < -0.4 is 10.1 Å². The highest BCUT2D eigenvalue weighted by molar-refractivity contribution is 5.94. The molecule has 2 aromatic heterocycles. The molecule has 0 bridgehead atoms. The van der Waals surface area contributed by atoms with Gasteiger partial charge in [-0.05, 0) is 69.2 Å². The Bertz CT molecular complexity index is 1120. The first-order chi connectivity index (χ1) is 15.5. The van der Waals surface area contributed by atoms with E-state index in [2.05, 4.69) is 17.4 Å². The van der Waals surface area contributed by atoms with Gasteiger partial charge < -0.3 is 14.6 Å². The molecule has 1 amide bonds. The van der Waals surface area contributed by atoms with Gasteiger partial charge in [0.1, 0.15) is 11.9 Å². The van der Waals surface area contributed by atoms with Gasteiger partial charge in [-0.1, -0.05) is 5.16 Å². The number of fused-ring (bicyclic) bond motifs is 1. The van der Waals surface area contributed by atoms with Crippen molar-refractivity contribution in [2.45, 2.75) is 58.0 Å². The molecule has 7 nitrogen and oxygen atoms in total. The Morgan fingerprint density at radius 2 is 2.03 bits per heavy atom. The second kappa shape index (κ2) is 8.45. The fourth-order valence-corrected chi connectivity index (χ4v) is 5.03. The number of rotatable bonds is 5. The average Bonchev–Trinajstić information content (AvgIpc) is 3.48. The molecule has 0 saturated heterocycles. The Kier molecular flexibility index (Phi) is 5.49. The molecule has 1 atom stereocenters. The van der Waals surface area contributed by atoms with Gasteiger partial charge in [0.2, 0.25) is 0 Å². The van der Waals surface area contributed by atoms with Gasteiger partial charge in [0.15, 0.2) is 5.76 Å². The molecular formula is C25H30N4O3. The summed E-state index contributed by atoms with van der Waals surface area (Å²) >= 11 is 0. The van der Waals surface area contributed by atoms with Gasteiger partial charge in [-0.3, -0.25) is 9.48 Å². The van der Waals surface area contributed by atoms with Gasteiger partial charge in [-0.2, -0.15) is 5.10 Å². The fourth-order valence-electron chi connectivity index (χ4n) is 5.03. The van der Waals surface area contributed by atoms with Crippen molar-refractivity contribution in [2.75, 3.05) is 6.54 Å². The lowest BCUT2D eigenvalue weighted by molar-refractivity contribution is 0.0942. The van der Waals surface area contributed by atoms with Gasteiger partial charge in [0.05, 0.1) is 17.0 Å². The second-order valence-electron chi connectivity index (χ2n) is 9.32. The molecule has 2 aliphatic rings. The monoisotopic (exact) mass is 434 g/mol. The summed E-state index contributed by atoms with van der Waals surface area (Å²) < 4.78 is 13.1. The summed E-state index contributed by atoms with van der Waals surface area (Å²) in [6.07, 6.45) is 7.34. The lowest BCUT2D eigenvalue weighted by atomic mass is 9.79. The molecule has 1 saturated carbocycles. The van der Waals surface area contributed by atoms with Gasteiger partial charge in [0, 0.05) is 43.8 Å². The highest BCUT2D eigenvalue weighted by atomic mass is 16.5. The summed E-state index contributed by atoms with van der Waals surface area (Å²) in [6.45, 7) is 4.70. The van der Waals surface area contributed by atoms with Crippen molar-refractivity contribution in [1.82, 2.24) is 20.3 Å². The Balaban J connectivity index is 1.17. The predicted octanol–water partition coefficient (Wildman–Crippen LogP) is 4.41. The number of carbonyl (C=O) groups excluding carboxylic acids is 1. The molecule has 0 radical (unpaired) electrons. The summed E-state index contributed by atoms with van der Waals surface area (Å²) in [4.78, 5) is 12.7. The topological polar surface area (TPSA) is 82.2 Å². The number of nitrogens with one attached hydrogen (secondary N) is 1. The number of benzene rings is 1. The molecule has 3 heterocycles. The second-order valence-corrected chi connectivity index (χ2v) is 9.32. The van der Waals surface area contributed by atoms with Crippen LogP contribution in [0.4, 0.5) is 0 Å². The Morgan fingerprint density at radius 1 is 1.22 bits per heavy atom. The van der Waals surface area contributed by atoms with Gasteiger partial charge in [-0.25, -0.2) is 0 Å². The number of ether oxygens (including phenoxy) is 1. The Morgan fingerprint density at radius 3 is 2.78 bits per heavy atom. The Hall–Kier alpha value is -3.09. The maximum Gasteiger partial charge on any atom is 0.251 e. The quantitative estimate of drug-likeness (QED) is 0.643. The summed E-state index contributed by atoms with van der Waals surface area (Å²) in [5.74, 6) is 2.59. The van der Waals surface area contributed by atoms with E-state index in [1.54, 1.807) is 0 Å². The van der Waals surface area contributed by atoms with E-state index in [4.69, 9.17) is 14.4 Å². The molecule has 168 valence electrons. The van der Waals surface area contributed by atoms with Crippen LogP contribution >= 0.6 is 0 Å². The third-order valence-electron chi connectivity index (χ3n) is 6.69. The van der Waals surface area contributed by atoms with Crippen molar-refractivity contribution < 1.29 is 14.1 Å². The molecule has 1 fully saturated rings. The van der Waals surface area contributed by atoms with Crippen LogP contribution in [0, 0.1) is 12.8 Å². The minimum absolute atomic E-state index is 0.00202. The third-order valence-corrected chi connectivity index (χ3v) is 6.69. The van der Waals surface area contributed by atoms with Gasteiger partial charge in [0.25, 0.3) is 5.91 Å². The first kappa shape index (κ1) is 20.8. The number of hydrogen-bond acceptors (Lipinski definition) is 5. The van der Waals surface area contributed by atoms with E-state index in [9.17, 15) is 4.79 Å². The highest BCUT2D eigenvalue weighted by Crippen LogP contribution is 2.39. The number of aryl methyl sites for hydroxylation is 2. The third kappa shape index (κ3) is 4.16. The Labute approximate surface area is 188 Å². The lowest BCUT2D eigenvalue weighted by Crippen LogP contribution is -2.31. The van der Waals surface area contributed by atoms with E-state index in [1.165, 1.54) is 0 Å². The molecular weight excluding hydrogens is 404 g/mol. The molecule has 1 aliphatic heterocycles. The lowest BCUT2D eigenvalue weighted by Gasteiger charge is -2.28. The van der Waals surface area contributed by atoms with Crippen molar-refractivity contribution >= 4 is 5.91 Å². The number of nitrogens with zero attached hydrogens (tertiary/aromatic N) is 3. The van der Waals surface area contributed by atoms with E-state index in [-0.39, 0.29) is 12.0 Å². The van der Waals surface area contributed by atoms with Crippen LogP contribution in [0.25, 0.3) is 11.3 Å². The summed E-state index contributed by atoms with van der Waals surface area (Å²) in [5, 5.41) is 11.9. The van der Waals surface area contributed by atoms with E-state index in [0.717, 1.165) is 71.7 Å². The van der Waals surface area contributed by atoms with Crippen molar-refractivity contribution in [3.8, 4) is 17.1 Å². The van der Waals surface area contributed by atoms with Crippen LogP contribution in [-0.2, 0) is 13.5 Å². The highest BCUT2D eigenvalue weighted by Gasteiger charge is 2.28. The zero-order valence-corrected chi connectivity index (χ0v) is 18.9. The maximum atomic E-state index is 12.7. The minimum atomic E-state index is 0.00202. The van der Waals surface area contributed by atoms with Crippen LogP contribution in [0.5, 0.6) is 5.75 Å². The largest absolute Gasteiger partial charge is 0.490 e. The molecule has 1 N–H and O–H groups in total.